The van der Waals surface area contributed by atoms with Crippen molar-refractivity contribution in [2.75, 3.05) is 11.9 Å². The second-order valence-electron chi connectivity index (χ2n) is 2.23. The van der Waals surface area contributed by atoms with E-state index >= 15 is 0 Å². The van der Waals surface area contributed by atoms with Crippen molar-refractivity contribution in [3.05, 3.63) is 5.82 Å². The minimum absolute atomic E-state index is 0.154. The number of nitrogens with one attached hydrogen (secondary N) is 1. The lowest BCUT2D eigenvalue weighted by molar-refractivity contribution is -0.107. The molecule has 1 amide bonds. The molecule has 0 spiro atoms. The molecule has 1 heterocycles. The predicted octanol–water partition coefficient (Wildman–Crippen LogP) is 0.848. The molecule has 1 aromatic heterocycles. The molecule has 6 nitrogen and oxygen atoms in total. The third-order valence-corrected chi connectivity index (χ3v) is 1.89. The average molecular weight is 215 g/mol. The van der Waals surface area contributed by atoms with Crippen LogP contribution in [0.4, 0.5) is 9.93 Å². The lowest BCUT2D eigenvalue weighted by Gasteiger charge is -1.99. The second kappa shape index (κ2) is 5.28. The van der Waals surface area contributed by atoms with Gasteiger partial charge in [-0.3, -0.25) is 5.32 Å². The maximum absolute atomic E-state index is 10.9. The van der Waals surface area contributed by atoms with E-state index in [1.54, 1.807) is 6.92 Å². The van der Waals surface area contributed by atoms with Crippen LogP contribution in [0.5, 0.6) is 0 Å². The van der Waals surface area contributed by atoms with Crippen molar-refractivity contribution in [1.29, 1.82) is 0 Å². The fourth-order valence-electron chi connectivity index (χ4n) is 0.717. The highest BCUT2D eigenvalue weighted by atomic mass is 32.1. The molecular formula is C7H9N3O3S. The first-order chi connectivity index (χ1) is 6.76. The molecule has 0 saturated heterocycles. The summed E-state index contributed by atoms with van der Waals surface area (Å²) in [5, 5.41) is 2.72. The zero-order valence-electron chi connectivity index (χ0n) is 7.52. The number of anilines is 1. The van der Waals surface area contributed by atoms with E-state index in [2.05, 4.69) is 19.4 Å². The molecular weight excluding hydrogens is 206 g/mol. The Hall–Kier alpha value is -1.50. The summed E-state index contributed by atoms with van der Waals surface area (Å²) in [5.41, 5.74) is 0. The quantitative estimate of drug-likeness (QED) is 0.753. The van der Waals surface area contributed by atoms with Gasteiger partial charge in [0.1, 0.15) is 6.29 Å². The molecule has 0 aromatic carbocycles. The van der Waals surface area contributed by atoms with Crippen LogP contribution in [0.2, 0.25) is 0 Å². The summed E-state index contributed by atoms with van der Waals surface area (Å²) in [7, 11) is 0. The molecule has 76 valence electrons. The van der Waals surface area contributed by atoms with Gasteiger partial charge in [-0.05, 0) is 6.92 Å². The molecule has 0 aliphatic rings. The van der Waals surface area contributed by atoms with Crippen LogP contribution in [0, 0.1) is 0 Å². The van der Waals surface area contributed by atoms with Crippen molar-refractivity contribution in [3.63, 3.8) is 0 Å². The van der Waals surface area contributed by atoms with Gasteiger partial charge in [-0.25, -0.2) is 9.78 Å². The van der Waals surface area contributed by atoms with E-state index in [0.717, 1.165) is 11.5 Å². The molecule has 0 atom stereocenters. The first-order valence-electron chi connectivity index (χ1n) is 3.96. The molecule has 0 fully saturated rings. The molecule has 1 aromatic rings. The number of aldehydes is 1. The maximum Gasteiger partial charge on any atom is 0.413 e. The molecule has 1 rings (SSSR count). The van der Waals surface area contributed by atoms with Gasteiger partial charge < -0.3 is 9.53 Å². The highest BCUT2D eigenvalue weighted by Gasteiger charge is 2.07. The Bertz CT molecular complexity index is 326. The van der Waals surface area contributed by atoms with Crippen LogP contribution in [0.25, 0.3) is 0 Å². The van der Waals surface area contributed by atoms with Gasteiger partial charge in [-0.2, -0.15) is 4.37 Å². The van der Waals surface area contributed by atoms with Crippen molar-refractivity contribution in [2.45, 2.75) is 13.3 Å². The summed E-state index contributed by atoms with van der Waals surface area (Å²) < 4.78 is 8.48. The summed E-state index contributed by atoms with van der Waals surface area (Å²) in [6.07, 6.45) is 0.290. The van der Waals surface area contributed by atoms with E-state index in [1.807, 2.05) is 0 Å². The summed E-state index contributed by atoms with van der Waals surface area (Å²) in [6.45, 7) is 2.00. The normalized spacial score (nSPS) is 9.50. The molecule has 1 N–H and O–H groups in total. The minimum atomic E-state index is -0.568. The summed E-state index contributed by atoms with van der Waals surface area (Å²) >= 11 is 1.01. The van der Waals surface area contributed by atoms with E-state index in [1.165, 1.54) is 0 Å². The molecule has 14 heavy (non-hydrogen) atoms. The van der Waals surface area contributed by atoms with Gasteiger partial charge in [0, 0.05) is 11.5 Å². The summed E-state index contributed by atoms with van der Waals surface area (Å²) in [5.74, 6) is 0.400. The van der Waals surface area contributed by atoms with Crippen molar-refractivity contribution in [3.8, 4) is 0 Å². The van der Waals surface area contributed by atoms with E-state index in [-0.39, 0.29) is 6.42 Å². The van der Waals surface area contributed by atoms with E-state index < -0.39 is 6.09 Å². The molecule has 7 heteroatoms. The van der Waals surface area contributed by atoms with Crippen molar-refractivity contribution >= 4 is 29.0 Å². The van der Waals surface area contributed by atoms with Gasteiger partial charge in [0.15, 0.2) is 5.82 Å². The third kappa shape index (κ3) is 3.09. The zero-order valence-corrected chi connectivity index (χ0v) is 8.34. The first kappa shape index (κ1) is 10.6. The number of nitrogens with zero attached hydrogens (tertiary/aromatic N) is 2. The molecule has 0 aliphatic carbocycles. The van der Waals surface area contributed by atoms with Crippen LogP contribution in [0.3, 0.4) is 0 Å². The first-order valence-corrected chi connectivity index (χ1v) is 4.73. The second-order valence-corrected chi connectivity index (χ2v) is 2.98. The Morgan fingerprint density at radius 2 is 2.50 bits per heavy atom. The van der Waals surface area contributed by atoms with Crippen LogP contribution in [-0.4, -0.2) is 28.3 Å². The van der Waals surface area contributed by atoms with Gasteiger partial charge in [0.25, 0.3) is 0 Å². The van der Waals surface area contributed by atoms with Crippen LogP contribution in [-0.2, 0) is 16.0 Å². The Morgan fingerprint density at radius 3 is 3.14 bits per heavy atom. The van der Waals surface area contributed by atoms with Crippen LogP contribution in [0.1, 0.15) is 12.7 Å². The predicted molar refractivity (Wildman–Crippen MR) is 50.3 cm³/mol. The monoisotopic (exact) mass is 215 g/mol. The van der Waals surface area contributed by atoms with E-state index in [4.69, 9.17) is 0 Å². The molecule has 0 bridgehead atoms. The Kier molecular flexibility index (Phi) is 3.99. The number of amides is 1. The average Bonchev–Trinajstić information content (AvgIpc) is 2.53. The summed E-state index contributed by atoms with van der Waals surface area (Å²) in [4.78, 5) is 24.9. The fourth-order valence-corrected chi connectivity index (χ4v) is 1.30. The van der Waals surface area contributed by atoms with Gasteiger partial charge in [-0.1, -0.05) is 0 Å². The highest BCUT2D eigenvalue weighted by molar-refractivity contribution is 7.09. The van der Waals surface area contributed by atoms with Crippen molar-refractivity contribution < 1.29 is 14.3 Å². The van der Waals surface area contributed by atoms with Crippen LogP contribution < -0.4 is 5.32 Å². The van der Waals surface area contributed by atoms with Crippen LogP contribution in [0.15, 0.2) is 0 Å². The van der Waals surface area contributed by atoms with Gasteiger partial charge in [-0.15, -0.1) is 0 Å². The van der Waals surface area contributed by atoms with Gasteiger partial charge >= 0.3 is 6.09 Å². The standard InChI is InChI=1S/C7H9N3O3S/c1-2-13-7(12)9-6-8-5(3-4-11)10-14-6/h4H,2-3H2,1H3,(H,8,9,10,12). The molecule has 0 radical (unpaired) electrons. The number of aromatic nitrogens is 2. The largest absolute Gasteiger partial charge is 0.450 e. The van der Waals surface area contributed by atoms with Gasteiger partial charge in [0.05, 0.1) is 13.0 Å². The SMILES string of the molecule is CCOC(=O)Nc1nc(CC=O)ns1. The lowest BCUT2D eigenvalue weighted by Crippen LogP contribution is -2.13. The molecule has 0 unspecified atom stereocenters. The number of rotatable bonds is 4. The number of ether oxygens (including phenoxy) is 1. The van der Waals surface area contributed by atoms with Crippen molar-refractivity contribution in [2.24, 2.45) is 0 Å². The topological polar surface area (TPSA) is 81.2 Å². The van der Waals surface area contributed by atoms with Gasteiger partial charge in [0.2, 0.25) is 5.13 Å². The van der Waals surface area contributed by atoms with E-state index in [9.17, 15) is 9.59 Å². The van der Waals surface area contributed by atoms with Crippen LogP contribution >= 0.6 is 11.5 Å². The maximum atomic E-state index is 10.9. The van der Waals surface area contributed by atoms with E-state index in [0.29, 0.717) is 23.8 Å². The Morgan fingerprint density at radius 1 is 1.71 bits per heavy atom. The smallest absolute Gasteiger partial charge is 0.413 e. The number of carbonyl (C=O) groups is 2. The third-order valence-electron chi connectivity index (χ3n) is 1.22. The number of carbonyl (C=O) groups excluding carboxylic acids is 2. The molecule has 0 saturated carbocycles. The Balaban J connectivity index is 2.50. The zero-order chi connectivity index (χ0) is 10.4. The van der Waals surface area contributed by atoms with Crippen molar-refractivity contribution in [1.82, 2.24) is 9.36 Å². The Labute approximate surface area is 84.5 Å². The lowest BCUT2D eigenvalue weighted by atomic mass is 10.5. The molecule has 0 aliphatic heterocycles. The fraction of sp³-hybridized carbons (Fsp3) is 0.429. The minimum Gasteiger partial charge on any atom is -0.450 e. The highest BCUT2D eigenvalue weighted by Crippen LogP contribution is 2.10. The number of hydrogen-bond acceptors (Lipinski definition) is 6. The summed E-state index contributed by atoms with van der Waals surface area (Å²) in [6, 6.07) is 0. The number of hydrogen-bond donors (Lipinski definition) is 1.